The van der Waals surface area contributed by atoms with Gasteiger partial charge in [0.05, 0.1) is 0 Å². The van der Waals surface area contributed by atoms with Crippen molar-refractivity contribution in [3.05, 3.63) is 47.8 Å². The Morgan fingerprint density at radius 2 is 1.77 bits per heavy atom. The van der Waals surface area contributed by atoms with Crippen LogP contribution in [0.15, 0.2) is 34.7 Å². The summed E-state index contributed by atoms with van der Waals surface area (Å²) >= 11 is 0. The minimum Gasteiger partial charge on any atom is -0.436 e. The van der Waals surface area contributed by atoms with Crippen LogP contribution in [0.5, 0.6) is 0 Å². The third-order valence-corrected chi connectivity index (χ3v) is 4.58. The molecule has 136 valence electrons. The highest BCUT2D eigenvalue weighted by molar-refractivity contribution is 5.79. The van der Waals surface area contributed by atoms with Crippen LogP contribution in [0.3, 0.4) is 0 Å². The number of aromatic nitrogens is 1. The number of likely N-dealkylation sites (tertiary alicyclic amines) is 1. The molecule has 1 aliphatic rings. The molecule has 0 amide bonds. The second-order valence-electron chi connectivity index (χ2n) is 6.43. The van der Waals surface area contributed by atoms with Gasteiger partial charge in [0.1, 0.15) is 5.52 Å². The van der Waals surface area contributed by atoms with Crippen molar-refractivity contribution in [2.45, 2.75) is 12.8 Å². The summed E-state index contributed by atoms with van der Waals surface area (Å²) in [5.74, 6) is -4.00. The standard InChI is InChI=1S/C19H18F3N3O/c20-14-9-12(10-15(21)18(14)22)19-24-16-4-3-13(11-17(16)26-19)23-5-8-25-6-1-2-7-25/h3-4,9-11,23H,1-2,5-8H2. The fourth-order valence-electron chi connectivity index (χ4n) is 3.20. The van der Waals surface area contributed by atoms with Crippen LogP contribution in [0, 0.1) is 17.5 Å². The second-order valence-corrected chi connectivity index (χ2v) is 6.43. The predicted molar refractivity (Wildman–Crippen MR) is 93.5 cm³/mol. The third-order valence-electron chi connectivity index (χ3n) is 4.58. The largest absolute Gasteiger partial charge is 0.436 e. The van der Waals surface area contributed by atoms with Crippen molar-refractivity contribution < 1.29 is 17.6 Å². The Labute approximate surface area is 148 Å². The molecular weight excluding hydrogens is 343 g/mol. The zero-order chi connectivity index (χ0) is 18.1. The lowest BCUT2D eigenvalue weighted by molar-refractivity contribution is 0.352. The second kappa shape index (κ2) is 6.99. The summed E-state index contributed by atoms with van der Waals surface area (Å²) in [6, 6.07) is 7.20. The average Bonchev–Trinajstić information content (AvgIpc) is 3.28. The number of hydrogen-bond acceptors (Lipinski definition) is 4. The Morgan fingerprint density at radius 3 is 2.50 bits per heavy atom. The number of benzene rings is 2. The van der Waals surface area contributed by atoms with Crippen LogP contribution in [0.25, 0.3) is 22.6 Å². The number of fused-ring (bicyclic) bond motifs is 1. The van der Waals surface area contributed by atoms with Gasteiger partial charge in [-0.15, -0.1) is 0 Å². The third kappa shape index (κ3) is 3.39. The molecule has 0 saturated carbocycles. The molecule has 4 nitrogen and oxygen atoms in total. The first-order valence-corrected chi connectivity index (χ1v) is 8.62. The quantitative estimate of drug-likeness (QED) is 0.683. The lowest BCUT2D eigenvalue weighted by Crippen LogP contribution is -2.25. The summed E-state index contributed by atoms with van der Waals surface area (Å²) in [5, 5.41) is 3.34. The summed E-state index contributed by atoms with van der Waals surface area (Å²) in [7, 11) is 0. The molecule has 26 heavy (non-hydrogen) atoms. The van der Waals surface area contributed by atoms with Gasteiger partial charge < -0.3 is 14.6 Å². The molecule has 1 N–H and O–H groups in total. The first kappa shape index (κ1) is 16.9. The van der Waals surface area contributed by atoms with Crippen LogP contribution in [-0.4, -0.2) is 36.1 Å². The molecule has 1 aliphatic heterocycles. The van der Waals surface area contributed by atoms with Crippen LogP contribution in [0.4, 0.5) is 18.9 Å². The molecule has 0 unspecified atom stereocenters. The van der Waals surface area contributed by atoms with Gasteiger partial charge in [-0.05, 0) is 50.2 Å². The van der Waals surface area contributed by atoms with Crippen molar-refractivity contribution in [1.29, 1.82) is 0 Å². The van der Waals surface area contributed by atoms with Gasteiger partial charge in [-0.1, -0.05) is 0 Å². The van der Waals surface area contributed by atoms with Crippen molar-refractivity contribution >= 4 is 16.8 Å². The Kier molecular flexibility index (Phi) is 4.55. The van der Waals surface area contributed by atoms with Gasteiger partial charge >= 0.3 is 0 Å². The maximum absolute atomic E-state index is 13.4. The van der Waals surface area contributed by atoms with Gasteiger partial charge in [0.2, 0.25) is 5.89 Å². The van der Waals surface area contributed by atoms with Crippen LogP contribution < -0.4 is 5.32 Å². The zero-order valence-electron chi connectivity index (χ0n) is 14.1. The summed E-state index contributed by atoms with van der Waals surface area (Å²) < 4.78 is 45.5. The van der Waals surface area contributed by atoms with E-state index in [4.69, 9.17) is 4.42 Å². The molecule has 0 atom stereocenters. The number of hydrogen-bond donors (Lipinski definition) is 1. The first-order valence-electron chi connectivity index (χ1n) is 8.62. The van der Waals surface area contributed by atoms with Crippen LogP contribution in [-0.2, 0) is 0 Å². The molecule has 3 aromatic rings. The van der Waals surface area contributed by atoms with Crippen molar-refractivity contribution in [3.63, 3.8) is 0 Å². The van der Waals surface area contributed by atoms with Gasteiger partial charge in [-0.3, -0.25) is 0 Å². The molecule has 1 aromatic heterocycles. The number of halogens is 3. The highest BCUT2D eigenvalue weighted by atomic mass is 19.2. The molecule has 7 heteroatoms. The molecule has 4 rings (SSSR count). The number of nitrogens with zero attached hydrogens (tertiary/aromatic N) is 2. The first-order chi connectivity index (χ1) is 12.6. The Morgan fingerprint density at radius 1 is 1.04 bits per heavy atom. The van der Waals surface area contributed by atoms with E-state index in [0.717, 1.165) is 44.0 Å². The van der Waals surface area contributed by atoms with E-state index in [9.17, 15) is 13.2 Å². The SMILES string of the molecule is Fc1cc(-c2nc3ccc(NCCN4CCCC4)cc3o2)cc(F)c1F. The van der Waals surface area contributed by atoms with E-state index in [0.29, 0.717) is 11.1 Å². The van der Waals surface area contributed by atoms with Gasteiger partial charge in [0.25, 0.3) is 0 Å². The molecule has 0 aliphatic carbocycles. The summed E-state index contributed by atoms with van der Waals surface area (Å²) in [5.41, 5.74) is 2.00. The highest BCUT2D eigenvalue weighted by Gasteiger charge is 2.16. The molecule has 0 spiro atoms. The van der Waals surface area contributed by atoms with E-state index in [-0.39, 0.29) is 11.5 Å². The highest BCUT2D eigenvalue weighted by Crippen LogP contribution is 2.28. The minimum atomic E-state index is -1.51. The van der Waals surface area contributed by atoms with Gasteiger partial charge in [0, 0.05) is 30.4 Å². The smallest absolute Gasteiger partial charge is 0.227 e. The van der Waals surface area contributed by atoms with Crippen molar-refractivity contribution in [1.82, 2.24) is 9.88 Å². The summed E-state index contributed by atoms with van der Waals surface area (Å²) in [6.45, 7) is 4.10. The topological polar surface area (TPSA) is 41.3 Å². The van der Waals surface area contributed by atoms with E-state index in [1.54, 1.807) is 12.1 Å². The molecule has 0 radical (unpaired) electrons. The normalized spacial score (nSPS) is 15.0. The van der Waals surface area contributed by atoms with Gasteiger partial charge in [-0.25, -0.2) is 18.2 Å². The monoisotopic (exact) mass is 361 g/mol. The summed E-state index contributed by atoms with van der Waals surface area (Å²) in [4.78, 5) is 6.63. The van der Waals surface area contributed by atoms with Crippen LogP contribution >= 0.6 is 0 Å². The lowest BCUT2D eigenvalue weighted by Gasteiger charge is -2.15. The molecule has 0 bridgehead atoms. The van der Waals surface area contributed by atoms with Gasteiger partial charge in [0.15, 0.2) is 23.0 Å². The molecular formula is C19H18F3N3O. The van der Waals surface area contributed by atoms with E-state index < -0.39 is 17.5 Å². The summed E-state index contributed by atoms with van der Waals surface area (Å²) in [6.07, 6.45) is 2.52. The van der Waals surface area contributed by atoms with E-state index in [2.05, 4.69) is 15.2 Å². The van der Waals surface area contributed by atoms with E-state index in [1.165, 1.54) is 12.8 Å². The fourth-order valence-corrected chi connectivity index (χ4v) is 3.20. The number of rotatable bonds is 5. The molecule has 1 saturated heterocycles. The van der Waals surface area contributed by atoms with Crippen molar-refractivity contribution in [2.75, 3.05) is 31.5 Å². The number of anilines is 1. The van der Waals surface area contributed by atoms with E-state index in [1.807, 2.05) is 6.07 Å². The number of oxazole rings is 1. The Bertz CT molecular complexity index is 912. The van der Waals surface area contributed by atoms with Crippen molar-refractivity contribution in [2.24, 2.45) is 0 Å². The predicted octanol–water partition coefficient (Wildman–Crippen LogP) is 4.42. The van der Waals surface area contributed by atoms with Crippen LogP contribution in [0.2, 0.25) is 0 Å². The number of nitrogens with one attached hydrogen (secondary N) is 1. The van der Waals surface area contributed by atoms with Crippen LogP contribution in [0.1, 0.15) is 12.8 Å². The van der Waals surface area contributed by atoms with Gasteiger partial charge in [-0.2, -0.15) is 0 Å². The average molecular weight is 361 g/mol. The van der Waals surface area contributed by atoms with Crippen molar-refractivity contribution in [3.8, 4) is 11.5 Å². The Hall–Kier alpha value is -2.54. The lowest BCUT2D eigenvalue weighted by atomic mass is 10.2. The molecule has 1 fully saturated rings. The molecule has 2 aromatic carbocycles. The van der Waals surface area contributed by atoms with E-state index >= 15 is 0 Å². The maximum atomic E-state index is 13.4. The zero-order valence-corrected chi connectivity index (χ0v) is 14.1. The fraction of sp³-hybridized carbons (Fsp3) is 0.316. The maximum Gasteiger partial charge on any atom is 0.227 e. The molecule has 2 heterocycles. The Balaban J connectivity index is 1.52. The minimum absolute atomic E-state index is 0.0482.